The zero-order chi connectivity index (χ0) is 17.4. The highest BCUT2D eigenvalue weighted by Crippen LogP contribution is 2.31. The number of rotatable bonds is 2. The number of piperazine rings is 1. The molecule has 2 heterocycles. The van der Waals surface area contributed by atoms with Gasteiger partial charge < -0.3 is 10.2 Å². The number of nitrogens with zero attached hydrogens (tertiary/aromatic N) is 3. The van der Waals surface area contributed by atoms with Crippen LogP contribution in [-0.4, -0.2) is 35.1 Å². The smallest absolute Gasteiger partial charge is 0.163 e. The predicted octanol–water partition coefficient (Wildman–Crippen LogP) is 4.14. The summed E-state index contributed by atoms with van der Waals surface area (Å²) in [7, 11) is 0. The molecule has 3 aromatic rings. The number of nitrogens with one attached hydrogen (secondary N) is 1. The Kier molecular flexibility index (Phi) is 4.32. The Hall–Kier alpha value is -2.17. The van der Waals surface area contributed by atoms with Crippen LogP contribution in [0.5, 0.6) is 0 Å². The minimum Gasteiger partial charge on any atom is -0.353 e. The fraction of sp³-hybridized carbons (Fsp3) is 0.300. The van der Waals surface area contributed by atoms with Crippen LogP contribution in [0.3, 0.4) is 0 Å². The molecular weight excluding hydrogens is 332 g/mol. The molecule has 0 aliphatic carbocycles. The second-order valence-electron chi connectivity index (χ2n) is 6.74. The monoisotopic (exact) mass is 352 g/mol. The van der Waals surface area contributed by atoms with E-state index in [2.05, 4.69) is 30.1 Å². The summed E-state index contributed by atoms with van der Waals surface area (Å²) in [5.41, 5.74) is 1.81. The second-order valence-corrected chi connectivity index (χ2v) is 7.15. The predicted molar refractivity (Wildman–Crippen MR) is 104 cm³/mol. The molecule has 2 atom stereocenters. The van der Waals surface area contributed by atoms with Crippen LogP contribution in [0.1, 0.15) is 13.8 Å². The summed E-state index contributed by atoms with van der Waals surface area (Å²) in [5, 5.41) is 5.33. The summed E-state index contributed by atoms with van der Waals surface area (Å²) in [4.78, 5) is 12.0. The quantitative estimate of drug-likeness (QED) is 0.752. The molecule has 1 aromatic heterocycles. The Labute approximate surface area is 152 Å². The second kappa shape index (κ2) is 6.62. The molecule has 1 aliphatic heterocycles. The number of benzene rings is 2. The first-order chi connectivity index (χ1) is 12.1. The largest absolute Gasteiger partial charge is 0.353 e. The van der Waals surface area contributed by atoms with Crippen LogP contribution in [0, 0.1) is 0 Å². The van der Waals surface area contributed by atoms with E-state index >= 15 is 0 Å². The normalized spacial score (nSPS) is 20.8. The van der Waals surface area contributed by atoms with E-state index in [1.54, 1.807) is 0 Å². The SMILES string of the molecule is CC1CN(c2nc(-c3ccccc3Cl)nc3ccccc23)CC(C)N1. The third-order valence-electron chi connectivity index (χ3n) is 4.55. The summed E-state index contributed by atoms with van der Waals surface area (Å²) in [5.74, 6) is 1.67. The Morgan fingerprint density at radius 1 is 0.960 bits per heavy atom. The molecule has 4 nitrogen and oxygen atoms in total. The average Bonchev–Trinajstić information content (AvgIpc) is 2.60. The van der Waals surface area contributed by atoms with Crippen LogP contribution in [-0.2, 0) is 0 Å². The molecular formula is C20H21ClN4. The highest BCUT2D eigenvalue weighted by Gasteiger charge is 2.24. The Morgan fingerprint density at radius 3 is 2.40 bits per heavy atom. The van der Waals surface area contributed by atoms with Gasteiger partial charge in [-0.25, -0.2) is 9.97 Å². The summed E-state index contributed by atoms with van der Waals surface area (Å²) >= 11 is 6.39. The van der Waals surface area contributed by atoms with Gasteiger partial charge in [0.25, 0.3) is 0 Å². The fourth-order valence-corrected chi connectivity index (χ4v) is 3.78. The summed E-state index contributed by atoms with van der Waals surface area (Å²) < 4.78 is 0. The lowest BCUT2D eigenvalue weighted by molar-refractivity contribution is 0.406. The van der Waals surface area contributed by atoms with Crippen molar-refractivity contribution in [2.45, 2.75) is 25.9 Å². The van der Waals surface area contributed by atoms with Crippen molar-refractivity contribution in [3.8, 4) is 11.4 Å². The first kappa shape index (κ1) is 16.3. The van der Waals surface area contributed by atoms with Crippen LogP contribution in [0.4, 0.5) is 5.82 Å². The molecule has 1 fully saturated rings. The lowest BCUT2D eigenvalue weighted by Gasteiger charge is -2.37. The first-order valence-corrected chi connectivity index (χ1v) is 9.02. The van der Waals surface area contributed by atoms with E-state index in [0.29, 0.717) is 22.9 Å². The van der Waals surface area contributed by atoms with Crippen LogP contribution < -0.4 is 10.2 Å². The summed E-state index contributed by atoms with van der Waals surface area (Å²) in [6, 6.07) is 16.8. The van der Waals surface area contributed by atoms with Crippen LogP contribution in [0.25, 0.3) is 22.3 Å². The maximum absolute atomic E-state index is 6.39. The summed E-state index contributed by atoms with van der Waals surface area (Å²) in [6.45, 7) is 6.27. The van der Waals surface area contributed by atoms with Crippen molar-refractivity contribution in [3.63, 3.8) is 0 Å². The number of hydrogen-bond acceptors (Lipinski definition) is 4. The van der Waals surface area contributed by atoms with Crippen molar-refractivity contribution in [2.75, 3.05) is 18.0 Å². The molecule has 0 amide bonds. The van der Waals surface area contributed by atoms with Gasteiger partial charge in [0, 0.05) is 36.1 Å². The van der Waals surface area contributed by atoms with Crippen molar-refractivity contribution < 1.29 is 0 Å². The van der Waals surface area contributed by atoms with E-state index in [-0.39, 0.29) is 0 Å². The van der Waals surface area contributed by atoms with E-state index in [4.69, 9.17) is 21.6 Å². The number of aromatic nitrogens is 2. The Bertz CT molecular complexity index is 901. The molecule has 2 unspecified atom stereocenters. The van der Waals surface area contributed by atoms with Crippen molar-refractivity contribution >= 4 is 28.3 Å². The standard InChI is InChI=1S/C20H21ClN4/c1-13-11-25(12-14(2)22-13)20-16-8-4-6-10-18(16)23-19(24-20)15-7-3-5-9-17(15)21/h3-10,13-14,22H,11-12H2,1-2H3. The van der Waals surface area contributed by atoms with Gasteiger partial charge in [-0.1, -0.05) is 35.9 Å². The van der Waals surface area contributed by atoms with Crippen molar-refractivity contribution in [1.29, 1.82) is 0 Å². The first-order valence-electron chi connectivity index (χ1n) is 8.64. The third kappa shape index (κ3) is 3.20. The Balaban J connectivity index is 1.89. The van der Waals surface area contributed by atoms with E-state index in [1.807, 2.05) is 42.5 Å². The molecule has 0 bridgehead atoms. The molecule has 1 saturated heterocycles. The molecule has 1 aliphatic rings. The molecule has 0 radical (unpaired) electrons. The molecule has 25 heavy (non-hydrogen) atoms. The van der Waals surface area contributed by atoms with Gasteiger partial charge in [0.15, 0.2) is 5.82 Å². The number of anilines is 1. The zero-order valence-corrected chi connectivity index (χ0v) is 15.2. The third-order valence-corrected chi connectivity index (χ3v) is 4.88. The highest BCUT2D eigenvalue weighted by atomic mass is 35.5. The molecule has 0 saturated carbocycles. The van der Waals surface area contributed by atoms with E-state index in [9.17, 15) is 0 Å². The zero-order valence-electron chi connectivity index (χ0n) is 14.4. The van der Waals surface area contributed by atoms with Crippen LogP contribution >= 0.6 is 11.6 Å². The molecule has 1 N–H and O–H groups in total. The van der Waals surface area contributed by atoms with Crippen LogP contribution in [0.15, 0.2) is 48.5 Å². The van der Waals surface area contributed by atoms with Gasteiger partial charge in [0.1, 0.15) is 5.82 Å². The number of halogens is 1. The lowest BCUT2D eigenvalue weighted by atomic mass is 10.1. The highest BCUT2D eigenvalue weighted by molar-refractivity contribution is 6.33. The molecule has 0 spiro atoms. The van der Waals surface area contributed by atoms with Gasteiger partial charge in [-0.2, -0.15) is 0 Å². The minimum absolute atomic E-state index is 0.418. The van der Waals surface area contributed by atoms with Crippen molar-refractivity contribution in [2.24, 2.45) is 0 Å². The number of para-hydroxylation sites is 1. The number of hydrogen-bond donors (Lipinski definition) is 1. The maximum atomic E-state index is 6.39. The minimum atomic E-state index is 0.418. The van der Waals surface area contributed by atoms with Crippen LogP contribution in [0.2, 0.25) is 5.02 Å². The van der Waals surface area contributed by atoms with E-state index < -0.39 is 0 Å². The van der Waals surface area contributed by atoms with Gasteiger partial charge in [-0.05, 0) is 38.1 Å². The van der Waals surface area contributed by atoms with Gasteiger partial charge in [-0.3, -0.25) is 0 Å². The molecule has 2 aromatic carbocycles. The van der Waals surface area contributed by atoms with Crippen molar-refractivity contribution in [3.05, 3.63) is 53.6 Å². The lowest BCUT2D eigenvalue weighted by Crippen LogP contribution is -2.54. The van der Waals surface area contributed by atoms with E-state index in [0.717, 1.165) is 35.4 Å². The van der Waals surface area contributed by atoms with E-state index in [1.165, 1.54) is 0 Å². The van der Waals surface area contributed by atoms with Crippen molar-refractivity contribution in [1.82, 2.24) is 15.3 Å². The molecule has 5 heteroatoms. The number of fused-ring (bicyclic) bond motifs is 1. The topological polar surface area (TPSA) is 41.1 Å². The van der Waals surface area contributed by atoms with Gasteiger partial charge >= 0.3 is 0 Å². The fourth-order valence-electron chi connectivity index (χ4n) is 3.56. The Morgan fingerprint density at radius 2 is 1.64 bits per heavy atom. The molecule has 128 valence electrons. The maximum Gasteiger partial charge on any atom is 0.163 e. The van der Waals surface area contributed by atoms with Gasteiger partial charge in [0.2, 0.25) is 0 Å². The van der Waals surface area contributed by atoms with Gasteiger partial charge in [0.05, 0.1) is 10.5 Å². The van der Waals surface area contributed by atoms with Gasteiger partial charge in [-0.15, -0.1) is 0 Å². The average molecular weight is 353 g/mol. The molecule has 4 rings (SSSR count). The summed E-state index contributed by atoms with van der Waals surface area (Å²) in [6.07, 6.45) is 0.